The first-order chi connectivity index (χ1) is 10.1. The smallest absolute Gasteiger partial charge is 0.129 e. The number of furan rings is 1. The maximum atomic E-state index is 9.97. The average Bonchev–Trinajstić information content (AvgIpc) is 3.01. The lowest BCUT2D eigenvalue weighted by molar-refractivity contribution is 0.0123. The van der Waals surface area contributed by atoms with Gasteiger partial charge in [-0.1, -0.05) is 6.92 Å². The highest BCUT2D eigenvalue weighted by atomic mass is 16.5. The fraction of sp³-hybridized carbons (Fsp3) is 0.750. The molecular formula is C16H27NO4. The van der Waals surface area contributed by atoms with Gasteiger partial charge >= 0.3 is 0 Å². The molecule has 120 valence electrons. The number of β-amino-alcohol motifs (C(OH)–C–C–N with tert-alkyl or cyclic N) is 1. The number of hydrogen-bond acceptors (Lipinski definition) is 5. The fourth-order valence-electron chi connectivity index (χ4n) is 2.79. The van der Waals surface area contributed by atoms with E-state index in [9.17, 15) is 10.2 Å². The van der Waals surface area contributed by atoms with Crippen LogP contribution in [0.1, 0.15) is 38.4 Å². The van der Waals surface area contributed by atoms with E-state index >= 15 is 0 Å². The third-order valence-electron chi connectivity index (χ3n) is 4.38. The standard InChI is InChI=1S/C16H27NO4/c1-13-4-6-16(12-18,7-5-13)17-9-14(19)10-20-11-15-3-2-8-21-15/h2-3,8,13-14,17-19H,4-7,9-12H2,1H3. The molecule has 2 rings (SSSR count). The minimum atomic E-state index is -0.581. The quantitative estimate of drug-likeness (QED) is 0.681. The molecule has 0 amide bonds. The van der Waals surface area contributed by atoms with E-state index < -0.39 is 6.10 Å². The van der Waals surface area contributed by atoms with E-state index in [0.29, 0.717) is 13.2 Å². The zero-order chi connectivity index (χ0) is 15.1. The Morgan fingerprint density at radius 3 is 2.86 bits per heavy atom. The lowest BCUT2D eigenvalue weighted by Gasteiger charge is -2.39. The van der Waals surface area contributed by atoms with Crippen LogP contribution in [0, 0.1) is 5.92 Å². The van der Waals surface area contributed by atoms with Gasteiger partial charge in [0.05, 0.1) is 25.6 Å². The minimum absolute atomic E-state index is 0.125. The fourth-order valence-corrected chi connectivity index (χ4v) is 2.79. The van der Waals surface area contributed by atoms with Crippen LogP contribution >= 0.6 is 0 Å². The van der Waals surface area contributed by atoms with Crippen molar-refractivity contribution in [2.75, 3.05) is 19.8 Å². The molecular weight excluding hydrogens is 270 g/mol. The lowest BCUT2D eigenvalue weighted by Crippen LogP contribution is -2.53. The summed E-state index contributed by atoms with van der Waals surface area (Å²) in [7, 11) is 0. The van der Waals surface area contributed by atoms with Crippen molar-refractivity contribution < 1.29 is 19.4 Å². The second-order valence-electron chi connectivity index (χ2n) is 6.25. The summed E-state index contributed by atoms with van der Waals surface area (Å²) in [5.74, 6) is 1.48. The number of ether oxygens (including phenoxy) is 1. The summed E-state index contributed by atoms with van der Waals surface area (Å²) in [6.45, 7) is 3.43. The summed E-state index contributed by atoms with van der Waals surface area (Å²) in [5.41, 5.74) is -0.228. The lowest BCUT2D eigenvalue weighted by atomic mass is 9.77. The van der Waals surface area contributed by atoms with Crippen molar-refractivity contribution in [1.82, 2.24) is 5.32 Å². The Bertz CT molecular complexity index is 385. The van der Waals surface area contributed by atoms with Crippen molar-refractivity contribution >= 4 is 0 Å². The summed E-state index contributed by atoms with van der Waals surface area (Å²) in [6, 6.07) is 3.65. The Kier molecular flexibility index (Phi) is 6.23. The summed E-state index contributed by atoms with van der Waals surface area (Å²) < 4.78 is 10.6. The zero-order valence-electron chi connectivity index (χ0n) is 12.8. The molecule has 0 radical (unpaired) electrons. The van der Waals surface area contributed by atoms with E-state index in [2.05, 4.69) is 12.2 Å². The van der Waals surface area contributed by atoms with Crippen molar-refractivity contribution in [1.29, 1.82) is 0 Å². The summed E-state index contributed by atoms with van der Waals surface area (Å²) in [5, 5.41) is 23.0. The highest BCUT2D eigenvalue weighted by molar-refractivity contribution is 4.96. The molecule has 1 atom stereocenters. The van der Waals surface area contributed by atoms with Gasteiger partial charge < -0.3 is 24.7 Å². The normalized spacial score (nSPS) is 27.7. The minimum Gasteiger partial charge on any atom is -0.467 e. The maximum Gasteiger partial charge on any atom is 0.129 e. The molecule has 1 unspecified atom stereocenters. The van der Waals surface area contributed by atoms with Gasteiger partial charge in [-0.05, 0) is 43.7 Å². The zero-order valence-corrected chi connectivity index (χ0v) is 12.8. The van der Waals surface area contributed by atoms with Gasteiger partial charge in [-0.2, -0.15) is 0 Å². The second kappa shape index (κ2) is 7.94. The van der Waals surface area contributed by atoms with Gasteiger partial charge in [-0.3, -0.25) is 0 Å². The Hall–Kier alpha value is -0.880. The van der Waals surface area contributed by atoms with E-state index in [1.54, 1.807) is 6.26 Å². The first-order valence-corrected chi connectivity index (χ1v) is 7.78. The molecule has 0 aliphatic heterocycles. The molecule has 1 fully saturated rings. The first-order valence-electron chi connectivity index (χ1n) is 7.78. The van der Waals surface area contributed by atoms with Crippen LogP contribution in [0.4, 0.5) is 0 Å². The van der Waals surface area contributed by atoms with E-state index in [1.165, 1.54) is 0 Å². The highest BCUT2D eigenvalue weighted by Gasteiger charge is 2.33. The molecule has 0 spiro atoms. The van der Waals surface area contributed by atoms with Crippen LogP contribution in [-0.2, 0) is 11.3 Å². The van der Waals surface area contributed by atoms with Gasteiger partial charge in [-0.25, -0.2) is 0 Å². The van der Waals surface area contributed by atoms with Gasteiger partial charge in [0.1, 0.15) is 12.4 Å². The molecule has 1 aromatic rings. The monoisotopic (exact) mass is 297 g/mol. The van der Waals surface area contributed by atoms with Crippen LogP contribution in [0.2, 0.25) is 0 Å². The van der Waals surface area contributed by atoms with E-state index in [0.717, 1.165) is 37.4 Å². The third-order valence-corrected chi connectivity index (χ3v) is 4.38. The molecule has 1 aliphatic rings. The highest BCUT2D eigenvalue weighted by Crippen LogP contribution is 2.31. The SMILES string of the molecule is CC1CCC(CO)(NCC(O)COCc2ccco2)CC1. The van der Waals surface area contributed by atoms with Crippen molar-refractivity contribution in [2.24, 2.45) is 5.92 Å². The van der Waals surface area contributed by atoms with E-state index in [4.69, 9.17) is 9.15 Å². The van der Waals surface area contributed by atoms with Crippen LogP contribution in [-0.4, -0.2) is 41.6 Å². The van der Waals surface area contributed by atoms with E-state index in [-0.39, 0.29) is 18.8 Å². The van der Waals surface area contributed by atoms with Gasteiger partial charge in [0.25, 0.3) is 0 Å². The Morgan fingerprint density at radius 1 is 1.48 bits per heavy atom. The van der Waals surface area contributed by atoms with Crippen molar-refractivity contribution in [3.8, 4) is 0 Å². The predicted octanol–water partition coefficient (Wildman–Crippen LogP) is 1.69. The molecule has 1 aliphatic carbocycles. The Morgan fingerprint density at radius 2 is 2.24 bits per heavy atom. The topological polar surface area (TPSA) is 74.9 Å². The van der Waals surface area contributed by atoms with E-state index in [1.807, 2.05) is 12.1 Å². The molecule has 0 saturated heterocycles. The van der Waals surface area contributed by atoms with Gasteiger partial charge in [0.15, 0.2) is 0 Å². The molecule has 1 saturated carbocycles. The van der Waals surface area contributed by atoms with Crippen molar-refractivity contribution in [3.63, 3.8) is 0 Å². The van der Waals surface area contributed by atoms with Crippen LogP contribution in [0.15, 0.2) is 22.8 Å². The van der Waals surface area contributed by atoms with Crippen molar-refractivity contribution in [2.45, 2.75) is 50.9 Å². The average molecular weight is 297 g/mol. The molecule has 0 aromatic carbocycles. The summed E-state index contributed by atoms with van der Waals surface area (Å²) in [6.07, 6.45) is 5.20. The van der Waals surface area contributed by atoms with Gasteiger partial charge in [-0.15, -0.1) is 0 Å². The molecule has 1 heterocycles. The number of hydrogen-bond donors (Lipinski definition) is 3. The molecule has 1 aromatic heterocycles. The Labute approximate surface area is 126 Å². The summed E-state index contributed by atoms with van der Waals surface area (Å²) in [4.78, 5) is 0. The van der Waals surface area contributed by atoms with Crippen LogP contribution in [0.3, 0.4) is 0 Å². The van der Waals surface area contributed by atoms with Crippen LogP contribution in [0.25, 0.3) is 0 Å². The number of aliphatic hydroxyl groups is 2. The molecule has 0 bridgehead atoms. The number of rotatable bonds is 8. The molecule has 3 N–H and O–H groups in total. The van der Waals surface area contributed by atoms with Crippen LogP contribution in [0.5, 0.6) is 0 Å². The van der Waals surface area contributed by atoms with Crippen molar-refractivity contribution in [3.05, 3.63) is 24.2 Å². The second-order valence-corrected chi connectivity index (χ2v) is 6.25. The Balaban J connectivity index is 1.66. The van der Waals surface area contributed by atoms with Gasteiger partial charge in [0, 0.05) is 12.1 Å². The van der Waals surface area contributed by atoms with Gasteiger partial charge in [0.2, 0.25) is 0 Å². The number of nitrogens with one attached hydrogen (secondary N) is 1. The predicted molar refractivity (Wildman–Crippen MR) is 79.8 cm³/mol. The maximum absolute atomic E-state index is 9.97. The number of aliphatic hydroxyl groups excluding tert-OH is 2. The van der Waals surface area contributed by atoms with Crippen LogP contribution < -0.4 is 5.32 Å². The molecule has 5 heteroatoms. The largest absolute Gasteiger partial charge is 0.467 e. The summed E-state index contributed by atoms with van der Waals surface area (Å²) >= 11 is 0. The molecule has 5 nitrogen and oxygen atoms in total. The first kappa shape index (κ1) is 16.5. The third kappa shape index (κ3) is 5.11. The molecule has 21 heavy (non-hydrogen) atoms.